The topological polar surface area (TPSA) is 95.5 Å². The molecule has 0 saturated carbocycles. The number of amides is 2. The summed E-state index contributed by atoms with van der Waals surface area (Å²) in [6.07, 6.45) is 1.58. The second-order valence-electron chi connectivity index (χ2n) is 8.57. The van der Waals surface area contributed by atoms with Gasteiger partial charge in [-0.1, -0.05) is 48.9 Å². The van der Waals surface area contributed by atoms with Crippen molar-refractivity contribution in [2.75, 3.05) is 10.6 Å². The number of nitrogens with one attached hydrogen (secondary N) is 2. The Morgan fingerprint density at radius 1 is 0.941 bits per heavy atom. The van der Waals surface area contributed by atoms with Gasteiger partial charge in [-0.3, -0.25) is 9.59 Å². The van der Waals surface area contributed by atoms with E-state index in [1.807, 2.05) is 49.4 Å². The third-order valence-corrected chi connectivity index (χ3v) is 6.70. The molecule has 0 bridgehead atoms. The molecule has 0 fully saturated rings. The van der Waals surface area contributed by atoms with Gasteiger partial charge in [-0.2, -0.15) is 0 Å². The van der Waals surface area contributed by atoms with Crippen molar-refractivity contribution in [3.05, 3.63) is 82.9 Å². The molecule has 7 heteroatoms. The number of aliphatic carboxylic acids is 1. The summed E-state index contributed by atoms with van der Waals surface area (Å²) in [5, 5.41) is 15.4. The summed E-state index contributed by atoms with van der Waals surface area (Å²) < 4.78 is 0. The van der Waals surface area contributed by atoms with Crippen LogP contribution >= 0.6 is 11.6 Å². The van der Waals surface area contributed by atoms with E-state index in [1.165, 1.54) is 0 Å². The number of carbonyl (C=O) groups is 3. The number of Topliss-reactive ketones (excluding diaryl/α,β-unsaturated/α-hetero) is 1. The number of benzene rings is 3. The Kier molecular flexibility index (Phi) is 6.70. The number of anilines is 2. The third-order valence-electron chi connectivity index (χ3n) is 6.45. The number of fused-ring (bicyclic) bond motifs is 1. The molecule has 3 aromatic carbocycles. The number of ketones is 1. The first-order valence-electron chi connectivity index (χ1n) is 11.1. The smallest absolute Gasteiger partial charge is 0.323 e. The number of urea groups is 1. The second-order valence-corrected chi connectivity index (χ2v) is 9.01. The van der Waals surface area contributed by atoms with Crippen LogP contribution in [0.15, 0.2) is 66.7 Å². The minimum absolute atomic E-state index is 0.0727. The van der Waals surface area contributed by atoms with E-state index >= 15 is 0 Å². The van der Waals surface area contributed by atoms with Crippen LogP contribution in [0.3, 0.4) is 0 Å². The molecule has 0 unspecified atom stereocenters. The number of halogens is 1. The molecule has 6 nitrogen and oxygen atoms in total. The summed E-state index contributed by atoms with van der Waals surface area (Å²) in [7, 11) is 0. The molecule has 34 heavy (non-hydrogen) atoms. The van der Waals surface area contributed by atoms with E-state index in [0.717, 1.165) is 16.7 Å². The highest BCUT2D eigenvalue weighted by Crippen LogP contribution is 2.42. The molecule has 0 spiro atoms. The second kappa shape index (κ2) is 9.69. The molecule has 174 valence electrons. The Hall–Kier alpha value is -3.64. The zero-order chi connectivity index (χ0) is 24.3. The van der Waals surface area contributed by atoms with E-state index < -0.39 is 11.4 Å². The molecule has 0 aliphatic heterocycles. The van der Waals surface area contributed by atoms with Crippen LogP contribution in [0, 0.1) is 5.41 Å². The van der Waals surface area contributed by atoms with Crippen molar-refractivity contribution in [1.82, 2.24) is 0 Å². The van der Waals surface area contributed by atoms with E-state index in [4.69, 9.17) is 11.6 Å². The van der Waals surface area contributed by atoms with Gasteiger partial charge < -0.3 is 15.7 Å². The van der Waals surface area contributed by atoms with Gasteiger partial charge in [0.05, 0.1) is 6.42 Å². The number of aryl methyl sites for hydroxylation is 1. The highest BCUT2D eigenvalue weighted by atomic mass is 35.5. The number of rotatable bonds is 6. The fraction of sp³-hybridized carbons (Fsp3) is 0.222. The van der Waals surface area contributed by atoms with Gasteiger partial charge in [-0.15, -0.1) is 0 Å². The normalized spacial score (nSPS) is 17.1. The monoisotopic (exact) mass is 476 g/mol. The summed E-state index contributed by atoms with van der Waals surface area (Å²) in [6, 6.07) is 19.6. The standard InChI is InChI=1S/C27H25ClN2O4/c1-2-27(16-24(31)32)14-13-19-15-18(5-12-23(19)25(27)33)17-3-8-21(9-4-17)29-26(34)30-22-10-6-20(28)7-11-22/h3-12,15H,2,13-14,16H2,1H3,(H,31,32)(H2,29,30,34)/t27-/m0/s1. The lowest BCUT2D eigenvalue weighted by Gasteiger charge is -2.35. The minimum atomic E-state index is -0.939. The summed E-state index contributed by atoms with van der Waals surface area (Å²) in [5.74, 6) is -1.01. The zero-order valence-corrected chi connectivity index (χ0v) is 19.5. The highest BCUT2D eigenvalue weighted by molar-refractivity contribution is 6.30. The van der Waals surface area contributed by atoms with Crippen LogP contribution in [0.1, 0.15) is 42.1 Å². The molecular weight excluding hydrogens is 452 g/mol. The van der Waals surface area contributed by atoms with Gasteiger partial charge in [0, 0.05) is 27.4 Å². The predicted octanol–water partition coefficient (Wildman–Crippen LogP) is 6.65. The van der Waals surface area contributed by atoms with Gasteiger partial charge in [-0.25, -0.2) is 4.79 Å². The van der Waals surface area contributed by atoms with E-state index in [-0.39, 0.29) is 18.2 Å². The molecule has 0 heterocycles. The first-order chi connectivity index (χ1) is 16.3. The maximum absolute atomic E-state index is 13.1. The van der Waals surface area contributed by atoms with Gasteiger partial charge in [0.25, 0.3) is 0 Å². The predicted molar refractivity (Wildman–Crippen MR) is 134 cm³/mol. The summed E-state index contributed by atoms with van der Waals surface area (Å²) in [5.41, 5.74) is 3.95. The van der Waals surface area contributed by atoms with E-state index in [9.17, 15) is 19.5 Å². The first kappa shape index (κ1) is 23.5. The van der Waals surface area contributed by atoms with Crippen molar-refractivity contribution < 1.29 is 19.5 Å². The molecule has 1 aliphatic carbocycles. The van der Waals surface area contributed by atoms with Crippen LogP contribution in [-0.4, -0.2) is 22.9 Å². The summed E-state index contributed by atoms with van der Waals surface area (Å²) in [6.45, 7) is 1.88. The van der Waals surface area contributed by atoms with Gasteiger partial charge >= 0.3 is 12.0 Å². The Morgan fingerprint density at radius 3 is 2.12 bits per heavy atom. The fourth-order valence-electron chi connectivity index (χ4n) is 4.47. The molecule has 0 aromatic heterocycles. The van der Waals surface area contributed by atoms with E-state index in [1.54, 1.807) is 24.3 Å². The average Bonchev–Trinajstić information content (AvgIpc) is 2.82. The van der Waals surface area contributed by atoms with Crippen molar-refractivity contribution in [3.63, 3.8) is 0 Å². The number of carboxylic acid groups (broad SMARTS) is 1. The van der Waals surface area contributed by atoms with Crippen LogP contribution in [-0.2, 0) is 11.2 Å². The molecule has 1 aliphatic rings. The minimum Gasteiger partial charge on any atom is -0.481 e. The molecule has 0 radical (unpaired) electrons. The Labute approximate surface area is 203 Å². The fourth-order valence-corrected chi connectivity index (χ4v) is 4.59. The zero-order valence-electron chi connectivity index (χ0n) is 18.7. The van der Waals surface area contributed by atoms with Crippen LogP contribution in [0.2, 0.25) is 5.02 Å². The quantitative estimate of drug-likeness (QED) is 0.371. The Bertz CT molecular complexity index is 1240. The Morgan fingerprint density at radius 2 is 1.53 bits per heavy atom. The summed E-state index contributed by atoms with van der Waals surface area (Å²) in [4.78, 5) is 36.7. The van der Waals surface area contributed by atoms with Crippen LogP contribution in [0.5, 0.6) is 0 Å². The Balaban J connectivity index is 1.46. The SMILES string of the molecule is CC[C@@]1(CC(=O)O)CCc2cc(-c3ccc(NC(=O)Nc4ccc(Cl)cc4)cc3)ccc2C1=O. The van der Waals surface area contributed by atoms with Crippen LogP contribution < -0.4 is 10.6 Å². The lowest BCUT2D eigenvalue weighted by molar-refractivity contribution is -0.139. The van der Waals surface area contributed by atoms with Crippen LogP contribution in [0.4, 0.5) is 16.2 Å². The van der Waals surface area contributed by atoms with Crippen molar-refractivity contribution >= 4 is 40.8 Å². The van der Waals surface area contributed by atoms with Crippen molar-refractivity contribution in [1.29, 1.82) is 0 Å². The lowest BCUT2D eigenvalue weighted by Crippen LogP contribution is -2.37. The maximum atomic E-state index is 13.1. The molecule has 1 atom stereocenters. The first-order valence-corrected chi connectivity index (χ1v) is 11.5. The molecule has 2 amide bonds. The lowest BCUT2D eigenvalue weighted by atomic mass is 9.67. The third kappa shape index (κ3) is 4.97. The van der Waals surface area contributed by atoms with Crippen molar-refractivity contribution in [2.24, 2.45) is 5.41 Å². The molecule has 4 rings (SSSR count). The van der Waals surface area contributed by atoms with Crippen molar-refractivity contribution in [2.45, 2.75) is 32.6 Å². The molecular formula is C27H25ClN2O4. The van der Waals surface area contributed by atoms with E-state index in [2.05, 4.69) is 10.6 Å². The number of carbonyl (C=O) groups excluding carboxylic acids is 2. The van der Waals surface area contributed by atoms with E-state index in [0.29, 0.717) is 41.2 Å². The maximum Gasteiger partial charge on any atom is 0.323 e. The largest absolute Gasteiger partial charge is 0.481 e. The molecule has 3 N–H and O–H groups in total. The molecule has 0 saturated heterocycles. The highest BCUT2D eigenvalue weighted by Gasteiger charge is 2.42. The van der Waals surface area contributed by atoms with Crippen LogP contribution in [0.25, 0.3) is 11.1 Å². The number of carboxylic acids is 1. The number of hydrogen-bond donors (Lipinski definition) is 3. The van der Waals surface area contributed by atoms with Gasteiger partial charge in [-0.05, 0) is 72.4 Å². The van der Waals surface area contributed by atoms with Gasteiger partial charge in [0.15, 0.2) is 5.78 Å². The molecule has 3 aromatic rings. The number of hydrogen-bond acceptors (Lipinski definition) is 3. The van der Waals surface area contributed by atoms with Gasteiger partial charge in [0.2, 0.25) is 0 Å². The van der Waals surface area contributed by atoms with Gasteiger partial charge in [0.1, 0.15) is 0 Å². The average molecular weight is 477 g/mol. The summed E-state index contributed by atoms with van der Waals surface area (Å²) >= 11 is 5.86. The van der Waals surface area contributed by atoms with Crippen molar-refractivity contribution in [3.8, 4) is 11.1 Å².